The summed E-state index contributed by atoms with van der Waals surface area (Å²) in [5.74, 6) is 0.764. The van der Waals surface area contributed by atoms with Crippen LogP contribution in [0, 0.1) is 0 Å². The fourth-order valence-electron chi connectivity index (χ4n) is 1.93. The second-order valence-corrected chi connectivity index (χ2v) is 4.26. The molecular weight excluding hydrogens is 240 g/mol. The van der Waals surface area contributed by atoms with Crippen LogP contribution in [0.4, 0.5) is 0 Å². The molecule has 0 atom stereocenters. The van der Waals surface area contributed by atoms with Crippen molar-refractivity contribution in [3.05, 3.63) is 54.4 Å². The second-order valence-electron chi connectivity index (χ2n) is 4.26. The zero-order chi connectivity index (χ0) is 13.5. The van der Waals surface area contributed by atoms with Crippen LogP contribution < -0.4 is 10.1 Å². The third-order valence-electron chi connectivity index (χ3n) is 2.90. The van der Waals surface area contributed by atoms with E-state index in [4.69, 9.17) is 4.74 Å². The first-order valence-corrected chi connectivity index (χ1v) is 6.29. The second kappa shape index (κ2) is 6.64. The van der Waals surface area contributed by atoms with Gasteiger partial charge in [-0.15, -0.1) is 0 Å². The van der Waals surface area contributed by atoms with Gasteiger partial charge >= 0.3 is 0 Å². The fourth-order valence-corrected chi connectivity index (χ4v) is 1.93. The number of nitrogens with one attached hydrogen (secondary N) is 1. The average Bonchev–Trinajstić information content (AvgIpc) is 2.92. The van der Waals surface area contributed by atoms with Crippen molar-refractivity contribution < 1.29 is 9.53 Å². The molecule has 4 nitrogen and oxygen atoms in total. The first kappa shape index (κ1) is 13.2. The van der Waals surface area contributed by atoms with Gasteiger partial charge in [-0.2, -0.15) is 0 Å². The van der Waals surface area contributed by atoms with Crippen LogP contribution in [0.5, 0.6) is 5.75 Å². The molecule has 19 heavy (non-hydrogen) atoms. The highest BCUT2D eigenvalue weighted by molar-refractivity contribution is 5.79. The Labute approximate surface area is 113 Å². The summed E-state index contributed by atoms with van der Waals surface area (Å²) in [5, 5.41) is 2.91. The van der Waals surface area contributed by atoms with E-state index in [9.17, 15) is 4.79 Å². The van der Waals surface area contributed by atoms with Crippen LogP contribution in [-0.4, -0.2) is 24.1 Å². The lowest BCUT2D eigenvalue weighted by atomic mass is 10.1. The van der Waals surface area contributed by atoms with Gasteiger partial charge in [-0.1, -0.05) is 18.2 Å². The number of hydrogen-bond acceptors (Lipinski definition) is 2. The Bertz CT molecular complexity index is 521. The van der Waals surface area contributed by atoms with Crippen molar-refractivity contribution >= 4 is 5.91 Å². The van der Waals surface area contributed by atoms with Gasteiger partial charge in [0.05, 0.1) is 13.5 Å². The molecule has 1 aromatic carbocycles. The van der Waals surface area contributed by atoms with E-state index in [1.165, 1.54) is 0 Å². The standard InChI is InChI=1S/C15H18N2O2/c1-19-14-7-3-2-6-13(14)12-15(18)16-8-11-17-9-4-5-10-17/h2-7,9-10H,8,11-12H2,1H3,(H,16,18). The van der Waals surface area contributed by atoms with Crippen molar-refractivity contribution in [3.8, 4) is 5.75 Å². The first-order chi connectivity index (χ1) is 9.29. The minimum Gasteiger partial charge on any atom is -0.496 e. The van der Waals surface area contributed by atoms with E-state index in [0.717, 1.165) is 17.9 Å². The van der Waals surface area contributed by atoms with Crippen LogP contribution in [0.1, 0.15) is 5.56 Å². The van der Waals surface area contributed by atoms with Crippen molar-refractivity contribution in [1.29, 1.82) is 0 Å². The van der Waals surface area contributed by atoms with Gasteiger partial charge < -0.3 is 14.6 Å². The van der Waals surface area contributed by atoms with Gasteiger partial charge in [-0.3, -0.25) is 4.79 Å². The molecule has 0 fully saturated rings. The summed E-state index contributed by atoms with van der Waals surface area (Å²) in [5.41, 5.74) is 0.906. The van der Waals surface area contributed by atoms with E-state index in [0.29, 0.717) is 13.0 Å². The van der Waals surface area contributed by atoms with E-state index < -0.39 is 0 Å². The number of carbonyl (C=O) groups excluding carboxylic acids is 1. The van der Waals surface area contributed by atoms with Gasteiger partial charge in [0.2, 0.25) is 5.91 Å². The molecule has 2 rings (SSSR count). The molecule has 0 aliphatic rings. The number of aromatic nitrogens is 1. The van der Waals surface area contributed by atoms with E-state index in [-0.39, 0.29) is 5.91 Å². The van der Waals surface area contributed by atoms with Gasteiger partial charge in [-0.25, -0.2) is 0 Å². The number of ether oxygens (including phenoxy) is 1. The minimum absolute atomic E-state index is 0.0108. The number of amides is 1. The largest absolute Gasteiger partial charge is 0.496 e. The first-order valence-electron chi connectivity index (χ1n) is 6.29. The van der Waals surface area contributed by atoms with E-state index in [1.54, 1.807) is 7.11 Å². The Morgan fingerprint density at radius 1 is 1.21 bits per heavy atom. The Morgan fingerprint density at radius 2 is 1.95 bits per heavy atom. The van der Waals surface area contributed by atoms with Crippen LogP contribution in [0.3, 0.4) is 0 Å². The molecule has 0 saturated heterocycles. The van der Waals surface area contributed by atoms with Gasteiger partial charge in [0.25, 0.3) is 0 Å². The predicted octanol–water partition coefficient (Wildman–Crippen LogP) is 1.86. The molecule has 1 heterocycles. The fraction of sp³-hybridized carbons (Fsp3) is 0.267. The third kappa shape index (κ3) is 3.88. The number of carbonyl (C=O) groups is 1. The maximum Gasteiger partial charge on any atom is 0.224 e. The zero-order valence-electron chi connectivity index (χ0n) is 11.0. The molecule has 100 valence electrons. The Balaban J connectivity index is 1.80. The molecule has 0 unspecified atom stereocenters. The summed E-state index contributed by atoms with van der Waals surface area (Å²) < 4.78 is 7.26. The van der Waals surface area contributed by atoms with Crippen LogP contribution in [0.2, 0.25) is 0 Å². The molecule has 0 aliphatic carbocycles. The molecule has 1 N–H and O–H groups in total. The third-order valence-corrected chi connectivity index (χ3v) is 2.90. The number of nitrogens with zero attached hydrogens (tertiary/aromatic N) is 1. The lowest BCUT2D eigenvalue weighted by Gasteiger charge is -2.09. The van der Waals surface area contributed by atoms with Gasteiger partial charge in [-0.05, 0) is 18.2 Å². The number of hydrogen-bond donors (Lipinski definition) is 1. The molecule has 2 aromatic rings. The lowest BCUT2D eigenvalue weighted by Crippen LogP contribution is -2.28. The topological polar surface area (TPSA) is 43.3 Å². The highest BCUT2D eigenvalue weighted by Crippen LogP contribution is 2.17. The minimum atomic E-state index is 0.0108. The molecule has 0 radical (unpaired) electrons. The van der Waals surface area contributed by atoms with E-state index in [1.807, 2.05) is 53.4 Å². The zero-order valence-corrected chi connectivity index (χ0v) is 11.0. The number of methoxy groups -OCH3 is 1. The van der Waals surface area contributed by atoms with Gasteiger partial charge in [0.1, 0.15) is 5.75 Å². The van der Waals surface area contributed by atoms with Gasteiger partial charge in [0.15, 0.2) is 0 Å². The maximum atomic E-state index is 11.8. The van der Waals surface area contributed by atoms with Crippen LogP contribution in [0.25, 0.3) is 0 Å². The molecule has 1 aromatic heterocycles. The highest BCUT2D eigenvalue weighted by Gasteiger charge is 2.07. The summed E-state index contributed by atoms with van der Waals surface area (Å²) in [4.78, 5) is 11.8. The number of para-hydroxylation sites is 1. The summed E-state index contributed by atoms with van der Waals surface area (Å²) in [6.45, 7) is 1.41. The summed E-state index contributed by atoms with van der Waals surface area (Å²) in [6, 6.07) is 11.5. The maximum absolute atomic E-state index is 11.8. The van der Waals surface area contributed by atoms with E-state index >= 15 is 0 Å². The average molecular weight is 258 g/mol. The van der Waals surface area contributed by atoms with Crippen LogP contribution >= 0.6 is 0 Å². The molecule has 4 heteroatoms. The van der Waals surface area contributed by atoms with Crippen molar-refractivity contribution in [2.75, 3.05) is 13.7 Å². The van der Waals surface area contributed by atoms with Crippen molar-refractivity contribution in [2.24, 2.45) is 0 Å². The van der Waals surface area contributed by atoms with Crippen molar-refractivity contribution in [2.45, 2.75) is 13.0 Å². The SMILES string of the molecule is COc1ccccc1CC(=O)NCCn1cccc1. The Kier molecular flexibility index (Phi) is 4.61. The molecule has 0 aliphatic heterocycles. The van der Waals surface area contributed by atoms with Crippen LogP contribution in [-0.2, 0) is 17.8 Å². The predicted molar refractivity (Wildman–Crippen MR) is 74.1 cm³/mol. The summed E-state index contributed by atoms with van der Waals surface area (Å²) in [6.07, 6.45) is 4.30. The Hall–Kier alpha value is -2.23. The smallest absolute Gasteiger partial charge is 0.224 e. The Morgan fingerprint density at radius 3 is 2.68 bits per heavy atom. The van der Waals surface area contributed by atoms with Crippen molar-refractivity contribution in [1.82, 2.24) is 9.88 Å². The highest BCUT2D eigenvalue weighted by atomic mass is 16.5. The van der Waals surface area contributed by atoms with Crippen LogP contribution in [0.15, 0.2) is 48.8 Å². The van der Waals surface area contributed by atoms with E-state index in [2.05, 4.69) is 5.32 Å². The summed E-state index contributed by atoms with van der Waals surface area (Å²) >= 11 is 0. The quantitative estimate of drug-likeness (QED) is 0.859. The monoisotopic (exact) mass is 258 g/mol. The molecule has 0 bridgehead atoms. The normalized spacial score (nSPS) is 10.2. The van der Waals surface area contributed by atoms with Crippen molar-refractivity contribution in [3.63, 3.8) is 0 Å². The molecule has 1 amide bonds. The van der Waals surface area contributed by atoms with Gasteiger partial charge in [0, 0.05) is 31.0 Å². The summed E-state index contributed by atoms with van der Waals surface area (Å²) in [7, 11) is 1.61. The number of rotatable bonds is 6. The molecular formula is C15H18N2O2. The molecule has 0 spiro atoms. The molecule has 0 saturated carbocycles. The number of benzene rings is 1. The lowest BCUT2D eigenvalue weighted by molar-refractivity contribution is -0.120.